The van der Waals surface area contributed by atoms with E-state index in [4.69, 9.17) is 5.73 Å². The third-order valence-corrected chi connectivity index (χ3v) is 4.40. The molecule has 2 atom stereocenters. The molecule has 2 unspecified atom stereocenters. The summed E-state index contributed by atoms with van der Waals surface area (Å²) < 4.78 is 0. The Labute approximate surface area is 127 Å². The van der Waals surface area contributed by atoms with E-state index in [9.17, 15) is 14.9 Å². The van der Waals surface area contributed by atoms with Crippen LogP contribution in [0.2, 0.25) is 0 Å². The molecule has 8 heteroatoms. The number of thiophene rings is 1. The maximum absolute atomic E-state index is 12.4. The fourth-order valence-electron chi connectivity index (χ4n) is 2.44. The average Bonchev–Trinajstić information content (AvgIpc) is 2.87. The van der Waals surface area contributed by atoms with Crippen LogP contribution in [0.3, 0.4) is 0 Å². The first-order chi connectivity index (χ1) is 9.02. The summed E-state index contributed by atoms with van der Waals surface area (Å²) in [6, 6.07) is 1.38. The zero-order chi connectivity index (χ0) is 14.0. The summed E-state index contributed by atoms with van der Waals surface area (Å²) in [5.41, 5.74) is 6.12. The van der Waals surface area contributed by atoms with Crippen molar-refractivity contribution < 1.29 is 9.72 Å². The molecule has 1 aliphatic rings. The molecule has 1 amide bonds. The molecule has 0 spiro atoms. The van der Waals surface area contributed by atoms with Gasteiger partial charge in [-0.25, -0.2) is 0 Å². The average molecular weight is 320 g/mol. The van der Waals surface area contributed by atoms with Crippen molar-refractivity contribution in [1.29, 1.82) is 0 Å². The highest BCUT2D eigenvalue weighted by molar-refractivity contribution is 7.13. The van der Waals surface area contributed by atoms with Gasteiger partial charge < -0.3 is 10.6 Å². The van der Waals surface area contributed by atoms with Crippen LogP contribution in [-0.2, 0) is 0 Å². The minimum Gasteiger partial charge on any atom is -0.334 e. The van der Waals surface area contributed by atoms with E-state index in [0.717, 1.165) is 24.2 Å². The molecule has 1 aliphatic heterocycles. The van der Waals surface area contributed by atoms with Crippen molar-refractivity contribution in [1.82, 2.24) is 4.90 Å². The number of carbonyl (C=O) groups excluding carboxylic acids is 1. The Kier molecular flexibility index (Phi) is 5.91. The number of halogens is 1. The Bertz CT molecular complexity index is 494. The molecule has 1 fully saturated rings. The highest BCUT2D eigenvalue weighted by Crippen LogP contribution is 2.27. The molecule has 0 radical (unpaired) electrons. The van der Waals surface area contributed by atoms with Gasteiger partial charge in [0.05, 0.1) is 10.5 Å². The highest BCUT2D eigenvalue weighted by Gasteiger charge is 2.30. The molecule has 0 bridgehead atoms. The van der Waals surface area contributed by atoms with Gasteiger partial charge in [0.2, 0.25) is 0 Å². The molecule has 1 aromatic heterocycles. The first-order valence-corrected chi connectivity index (χ1v) is 7.15. The Balaban J connectivity index is 0.00000200. The van der Waals surface area contributed by atoms with Crippen LogP contribution in [0.1, 0.15) is 30.1 Å². The van der Waals surface area contributed by atoms with Crippen LogP contribution in [0, 0.1) is 16.0 Å². The van der Waals surface area contributed by atoms with Gasteiger partial charge in [0, 0.05) is 30.6 Å². The second kappa shape index (κ2) is 7.01. The lowest BCUT2D eigenvalue weighted by atomic mass is 9.92. The van der Waals surface area contributed by atoms with Gasteiger partial charge in [-0.05, 0) is 18.8 Å². The maximum atomic E-state index is 12.4. The molecule has 1 saturated heterocycles. The summed E-state index contributed by atoms with van der Waals surface area (Å²) >= 11 is 0.982. The summed E-state index contributed by atoms with van der Waals surface area (Å²) in [5, 5.41) is 12.2. The quantitative estimate of drug-likeness (QED) is 0.683. The van der Waals surface area contributed by atoms with Crippen LogP contribution in [0.25, 0.3) is 0 Å². The Morgan fingerprint density at radius 3 is 2.90 bits per heavy atom. The zero-order valence-electron chi connectivity index (χ0n) is 11.2. The highest BCUT2D eigenvalue weighted by atomic mass is 35.5. The fraction of sp³-hybridized carbons (Fsp3) is 0.583. The van der Waals surface area contributed by atoms with E-state index in [2.05, 4.69) is 6.92 Å². The number of nitrogens with zero attached hydrogens (tertiary/aromatic N) is 2. The van der Waals surface area contributed by atoms with Crippen molar-refractivity contribution in [3.8, 4) is 0 Å². The minimum absolute atomic E-state index is 0. The van der Waals surface area contributed by atoms with Crippen molar-refractivity contribution in [3.63, 3.8) is 0 Å². The van der Waals surface area contributed by atoms with Crippen LogP contribution in [0.5, 0.6) is 0 Å². The van der Waals surface area contributed by atoms with Crippen LogP contribution in [0.4, 0.5) is 5.00 Å². The van der Waals surface area contributed by atoms with Gasteiger partial charge in [-0.1, -0.05) is 18.3 Å². The first-order valence-electron chi connectivity index (χ1n) is 6.27. The van der Waals surface area contributed by atoms with Crippen LogP contribution in [-0.4, -0.2) is 34.9 Å². The minimum atomic E-state index is -0.472. The molecule has 1 aromatic rings. The first kappa shape index (κ1) is 16.9. The number of carbonyl (C=O) groups is 1. The van der Waals surface area contributed by atoms with Crippen molar-refractivity contribution in [2.24, 2.45) is 11.7 Å². The molecule has 2 heterocycles. The standard InChI is InChI=1S/C12H17N3O3S.ClH/c1-8-2-3-14(10(4-8)6-13)12(16)9-5-11(15(17)18)19-7-9;/h5,7-8,10H,2-4,6,13H2,1H3;1H. The molecular weight excluding hydrogens is 302 g/mol. The van der Waals surface area contributed by atoms with E-state index in [1.54, 1.807) is 10.3 Å². The van der Waals surface area contributed by atoms with Crippen LogP contribution in [0.15, 0.2) is 11.4 Å². The fourth-order valence-corrected chi connectivity index (χ4v) is 3.14. The van der Waals surface area contributed by atoms with Gasteiger partial charge in [-0.3, -0.25) is 14.9 Å². The molecule has 2 N–H and O–H groups in total. The van der Waals surface area contributed by atoms with Crippen molar-refractivity contribution >= 4 is 34.7 Å². The molecular formula is C12H18ClN3O3S. The van der Waals surface area contributed by atoms with E-state index >= 15 is 0 Å². The third-order valence-electron chi connectivity index (χ3n) is 3.52. The summed E-state index contributed by atoms with van der Waals surface area (Å²) in [6.07, 6.45) is 1.85. The molecule has 0 aliphatic carbocycles. The number of amides is 1. The summed E-state index contributed by atoms with van der Waals surface area (Å²) in [5.74, 6) is 0.418. The van der Waals surface area contributed by atoms with Gasteiger partial charge in [-0.2, -0.15) is 0 Å². The summed E-state index contributed by atoms with van der Waals surface area (Å²) in [7, 11) is 0. The largest absolute Gasteiger partial charge is 0.334 e. The topological polar surface area (TPSA) is 89.5 Å². The van der Waals surface area contributed by atoms with Crippen LogP contribution < -0.4 is 5.73 Å². The molecule has 0 saturated carbocycles. The Morgan fingerprint density at radius 2 is 2.35 bits per heavy atom. The second-order valence-electron chi connectivity index (χ2n) is 4.95. The Hall–Kier alpha value is -1.18. The number of nitrogens with two attached hydrogens (primary N) is 1. The maximum Gasteiger partial charge on any atom is 0.324 e. The van der Waals surface area contributed by atoms with Gasteiger partial charge in [0.15, 0.2) is 0 Å². The monoisotopic (exact) mass is 319 g/mol. The van der Waals surface area contributed by atoms with Crippen molar-refractivity contribution in [3.05, 3.63) is 27.1 Å². The predicted octanol–water partition coefficient (Wildman–Crippen LogP) is 2.28. The SMILES string of the molecule is CC1CCN(C(=O)c2csc([N+](=O)[O-])c2)C(CN)C1.Cl. The molecule has 0 aromatic carbocycles. The van der Waals surface area contributed by atoms with Crippen LogP contribution >= 0.6 is 23.7 Å². The number of piperidine rings is 1. The van der Waals surface area contributed by atoms with Gasteiger partial charge in [0.25, 0.3) is 5.91 Å². The number of hydrogen-bond acceptors (Lipinski definition) is 5. The van der Waals surface area contributed by atoms with E-state index < -0.39 is 4.92 Å². The van der Waals surface area contributed by atoms with Gasteiger partial charge in [-0.15, -0.1) is 12.4 Å². The number of hydrogen-bond donors (Lipinski definition) is 1. The van der Waals surface area contributed by atoms with Gasteiger partial charge >= 0.3 is 5.00 Å². The summed E-state index contributed by atoms with van der Waals surface area (Å²) in [4.78, 5) is 24.3. The lowest BCUT2D eigenvalue weighted by molar-refractivity contribution is -0.380. The second-order valence-corrected chi connectivity index (χ2v) is 5.84. The number of likely N-dealkylation sites (tertiary alicyclic amines) is 1. The smallest absolute Gasteiger partial charge is 0.324 e. The number of rotatable bonds is 3. The lowest BCUT2D eigenvalue weighted by Gasteiger charge is -2.37. The molecule has 20 heavy (non-hydrogen) atoms. The van der Waals surface area contributed by atoms with Crippen molar-refractivity contribution in [2.75, 3.05) is 13.1 Å². The zero-order valence-corrected chi connectivity index (χ0v) is 12.8. The predicted molar refractivity (Wildman–Crippen MR) is 80.5 cm³/mol. The van der Waals surface area contributed by atoms with Crippen molar-refractivity contribution in [2.45, 2.75) is 25.8 Å². The molecule has 112 valence electrons. The van der Waals surface area contributed by atoms with E-state index in [1.807, 2.05) is 0 Å². The number of nitro groups is 1. The molecule has 6 nitrogen and oxygen atoms in total. The normalized spacial score (nSPS) is 22.2. The van der Waals surface area contributed by atoms with E-state index in [1.165, 1.54) is 6.07 Å². The van der Waals surface area contributed by atoms with Gasteiger partial charge in [0.1, 0.15) is 0 Å². The lowest BCUT2D eigenvalue weighted by Crippen LogP contribution is -2.49. The van der Waals surface area contributed by atoms with E-state index in [-0.39, 0.29) is 29.4 Å². The third kappa shape index (κ3) is 3.47. The summed E-state index contributed by atoms with van der Waals surface area (Å²) in [6.45, 7) is 3.26. The Morgan fingerprint density at radius 1 is 1.65 bits per heavy atom. The van der Waals surface area contributed by atoms with E-state index in [0.29, 0.717) is 24.6 Å². The molecule has 2 rings (SSSR count).